The van der Waals surface area contributed by atoms with Gasteiger partial charge in [0.25, 0.3) is 0 Å². The maximum absolute atomic E-state index is 5.28. The summed E-state index contributed by atoms with van der Waals surface area (Å²) in [6, 6.07) is 0. The summed E-state index contributed by atoms with van der Waals surface area (Å²) in [5, 5.41) is 0. The summed E-state index contributed by atoms with van der Waals surface area (Å²) >= 11 is 0. The molecule has 0 fully saturated rings. The molecule has 0 heterocycles. The molecule has 14 heavy (non-hydrogen) atoms. The van der Waals surface area contributed by atoms with E-state index in [1.807, 2.05) is 24.3 Å². The van der Waals surface area contributed by atoms with E-state index in [9.17, 15) is 0 Å². The topological polar surface area (TPSA) is 9.23 Å². The van der Waals surface area contributed by atoms with Gasteiger partial charge in [0.2, 0.25) is 0 Å². The van der Waals surface area contributed by atoms with Gasteiger partial charge < -0.3 is 4.74 Å². The number of ether oxygens (including phenoxy) is 1. The highest BCUT2D eigenvalue weighted by atomic mass is 16.5. The SMILES string of the molecule is C=C/C=C/COCC=C=CC(C)(C)C. The summed E-state index contributed by atoms with van der Waals surface area (Å²) in [6.07, 6.45) is 9.46. The Labute approximate surface area is 87.5 Å². The zero-order valence-electron chi connectivity index (χ0n) is 9.42. The van der Waals surface area contributed by atoms with Crippen molar-refractivity contribution in [3.8, 4) is 0 Å². The first-order valence-electron chi connectivity index (χ1n) is 4.83. The van der Waals surface area contributed by atoms with Gasteiger partial charge in [-0.15, -0.1) is 5.73 Å². The standard InChI is InChI=1S/C13H20O/c1-5-6-8-11-14-12-9-7-10-13(2,3)4/h5-6,8-10H,1,11-12H2,2-4H3/b8-6+. The van der Waals surface area contributed by atoms with Crippen LogP contribution in [-0.4, -0.2) is 13.2 Å². The maximum Gasteiger partial charge on any atom is 0.0725 e. The Morgan fingerprint density at radius 2 is 2.00 bits per heavy atom. The minimum absolute atomic E-state index is 0.194. The minimum Gasteiger partial charge on any atom is -0.373 e. The molecule has 0 N–H and O–H groups in total. The first kappa shape index (κ1) is 13.0. The predicted molar refractivity (Wildman–Crippen MR) is 62.3 cm³/mol. The molecule has 0 spiro atoms. The highest BCUT2D eigenvalue weighted by Crippen LogP contribution is 2.12. The van der Waals surface area contributed by atoms with Gasteiger partial charge in [-0.1, -0.05) is 45.6 Å². The van der Waals surface area contributed by atoms with Crippen LogP contribution >= 0.6 is 0 Å². The van der Waals surface area contributed by atoms with Crippen molar-refractivity contribution in [3.63, 3.8) is 0 Å². The van der Waals surface area contributed by atoms with Crippen LogP contribution in [0.5, 0.6) is 0 Å². The molecule has 0 aromatic heterocycles. The van der Waals surface area contributed by atoms with E-state index in [2.05, 4.69) is 33.1 Å². The van der Waals surface area contributed by atoms with Gasteiger partial charge in [-0.25, -0.2) is 0 Å². The third-order valence-corrected chi connectivity index (χ3v) is 1.32. The second-order valence-electron chi connectivity index (χ2n) is 4.08. The lowest BCUT2D eigenvalue weighted by Gasteiger charge is -2.08. The molecule has 1 nitrogen and oxygen atoms in total. The Bertz CT molecular complexity index is 234. The van der Waals surface area contributed by atoms with Gasteiger partial charge >= 0.3 is 0 Å². The fourth-order valence-electron chi connectivity index (χ4n) is 0.704. The zero-order valence-corrected chi connectivity index (χ0v) is 9.42. The Morgan fingerprint density at radius 1 is 1.29 bits per heavy atom. The molecule has 0 unspecified atom stereocenters. The fourth-order valence-corrected chi connectivity index (χ4v) is 0.704. The lowest BCUT2D eigenvalue weighted by Crippen LogP contribution is -1.97. The van der Waals surface area contributed by atoms with Crippen LogP contribution < -0.4 is 0 Å². The van der Waals surface area contributed by atoms with E-state index < -0.39 is 0 Å². The van der Waals surface area contributed by atoms with Crippen molar-refractivity contribution in [2.45, 2.75) is 20.8 Å². The van der Waals surface area contributed by atoms with Crippen molar-refractivity contribution in [2.24, 2.45) is 5.41 Å². The summed E-state index contributed by atoms with van der Waals surface area (Å²) in [5.74, 6) is 0. The van der Waals surface area contributed by atoms with Gasteiger partial charge in [-0.3, -0.25) is 0 Å². The quantitative estimate of drug-likeness (QED) is 0.368. The highest BCUT2D eigenvalue weighted by molar-refractivity contribution is 4.97. The first-order chi connectivity index (χ1) is 6.56. The first-order valence-corrected chi connectivity index (χ1v) is 4.83. The van der Waals surface area contributed by atoms with Gasteiger partial charge in [0.05, 0.1) is 13.2 Å². The number of rotatable bonds is 5. The van der Waals surface area contributed by atoms with E-state index in [0.29, 0.717) is 13.2 Å². The van der Waals surface area contributed by atoms with Crippen LogP contribution in [0, 0.1) is 5.41 Å². The molecule has 0 rings (SSSR count). The van der Waals surface area contributed by atoms with Gasteiger partial charge in [0.15, 0.2) is 0 Å². The summed E-state index contributed by atoms with van der Waals surface area (Å²) in [6.45, 7) is 11.2. The molecule has 1 heteroatoms. The van der Waals surface area contributed by atoms with Crippen LogP contribution in [-0.2, 0) is 4.74 Å². The van der Waals surface area contributed by atoms with E-state index in [0.717, 1.165) is 0 Å². The van der Waals surface area contributed by atoms with Crippen molar-refractivity contribution in [1.29, 1.82) is 0 Å². The van der Waals surface area contributed by atoms with Gasteiger partial charge in [0.1, 0.15) is 0 Å². The van der Waals surface area contributed by atoms with Crippen molar-refractivity contribution in [2.75, 3.05) is 13.2 Å². The molecule has 0 radical (unpaired) electrons. The van der Waals surface area contributed by atoms with Crippen molar-refractivity contribution >= 4 is 0 Å². The molecule has 0 aliphatic rings. The molecule has 0 aliphatic heterocycles. The van der Waals surface area contributed by atoms with E-state index in [1.54, 1.807) is 6.08 Å². The molecule has 0 atom stereocenters. The average Bonchev–Trinajstić information content (AvgIpc) is 2.08. The molecular weight excluding hydrogens is 172 g/mol. The van der Waals surface area contributed by atoms with Gasteiger partial charge in [-0.2, -0.15) is 0 Å². The van der Waals surface area contributed by atoms with Crippen LogP contribution in [0.3, 0.4) is 0 Å². The van der Waals surface area contributed by atoms with Crippen LogP contribution in [0.2, 0.25) is 0 Å². The number of allylic oxidation sites excluding steroid dienone is 2. The monoisotopic (exact) mass is 192 g/mol. The zero-order chi connectivity index (χ0) is 10.9. The second kappa shape index (κ2) is 7.37. The average molecular weight is 192 g/mol. The van der Waals surface area contributed by atoms with Crippen molar-refractivity contribution < 1.29 is 4.74 Å². The Kier molecular flexibility index (Phi) is 6.82. The van der Waals surface area contributed by atoms with Crippen LogP contribution in [0.15, 0.2) is 42.7 Å². The molecule has 0 saturated heterocycles. The minimum atomic E-state index is 0.194. The summed E-state index contributed by atoms with van der Waals surface area (Å²) in [7, 11) is 0. The lowest BCUT2D eigenvalue weighted by molar-refractivity contribution is 0.194. The van der Waals surface area contributed by atoms with Crippen LogP contribution in [0.1, 0.15) is 20.8 Å². The summed E-state index contributed by atoms with van der Waals surface area (Å²) < 4.78 is 5.28. The van der Waals surface area contributed by atoms with Crippen molar-refractivity contribution in [3.05, 3.63) is 42.7 Å². The molecule has 0 amide bonds. The fraction of sp³-hybridized carbons (Fsp3) is 0.462. The van der Waals surface area contributed by atoms with Crippen LogP contribution in [0.4, 0.5) is 0 Å². The van der Waals surface area contributed by atoms with Gasteiger partial charge in [-0.05, 0) is 17.6 Å². The molecule has 0 aliphatic carbocycles. The maximum atomic E-state index is 5.28. The Morgan fingerprint density at radius 3 is 2.57 bits per heavy atom. The van der Waals surface area contributed by atoms with E-state index in [-0.39, 0.29) is 5.41 Å². The normalized spacial score (nSPS) is 11.1. The van der Waals surface area contributed by atoms with Gasteiger partial charge in [0, 0.05) is 0 Å². The highest BCUT2D eigenvalue weighted by Gasteiger charge is 2.01. The molecular formula is C13H20O. The predicted octanol–water partition coefficient (Wildman–Crippen LogP) is 3.50. The number of hydrogen-bond donors (Lipinski definition) is 0. The smallest absolute Gasteiger partial charge is 0.0725 e. The molecule has 0 bridgehead atoms. The molecule has 0 aromatic carbocycles. The molecule has 0 aromatic rings. The third kappa shape index (κ3) is 11.0. The molecule has 0 saturated carbocycles. The Balaban J connectivity index is 3.59. The summed E-state index contributed by atoms with van der Waals surface area (Å²) in [4.78, 5) is 0. The summed E-state index contributed by atoms with van der Waals surface area (Å²) in [5.41, 5.74) is 3.29. The molecule has 78 valence electrons. The Hall–Kier alpha value is -1.04. The van der Waals surface area contributed by atoms with E-state index >= 15 is 0 Å². The van der Waals surface area contributed by atoms with E-state index in [4.69, 9.17) is 4.74 Å². The third-order valence-electron chi connectivity index (χ3n) is 1.32. The second-order valence-corrected chi connectivity index (χ2v) is 4.08. The largest absolute Gasteiger partial charge is 0.373 e. The number of hydrogen-bond acceptors (Lipinski definition) is 1. The van der Waals surface area contributed by atoms with E-state index in [1.165, 1.54) is 0 Å². The van der Waals surface area contributed by atoms with Crippen LogP contribution in [0.25, 0.3) is 0 Å². The lowest BCUT2D eigenvalue weighted by atomic mass is 9.97. The van der Waals surface area contributed by atoms with Crippen molar-refractivity contribution in [1.82, 2.24) is 0 Å².